The number of amides is 1. The summed E-state index contributed by atoms with van der Waals surface area (Å²) in [4.78, 5) is 19.2. The van der Waals surface area contributed by atoms with Crippen LogP contribution < -0.4 is 10.2 Å². The van der Waals surface area contributed by atoms with Crippen molar-refractivity contribution >= 4 is 40.6 Å². The minimum absolute atomic E-state index is 0.0587. The van der Waals surface area contributed by atoms with E-state index < -0.39 is 0 Å². The third kappa shape index (κ3) is 6.08. The summed E-state index contributed by atoms with van der Waals surface area (Å²) in [7, 11) is 0. The molecule has 1 N–H and O–H groups in total. The van der Waals surface area contributed by atoms with Crippen LogP contribution in [0.2, 0.25) is 0 Å². The number of para-hydroxylation sites is 1. The van der Waals surface area contributed by atoms with Gasteiger partial charge < -0.3 is 15.0 Å². The summed E-state index contributed by atoms with van der Waals surface area (Å²) >= 11 is 3.15. The lowest BCUT2D eigenvalue weighted by Crippen LogP contribution is -2.38. The van der Waals surface area contributed by atoms with Crippen LogP contribution in [0.15, 0.2) is 40.9 Å². The normalized spacial score (nSPS) is 14.2. The van der Waals surface area contributed by atoms with Gasteiger partial charge in [-0.15, -0.1) is 21.5 Å². The highest BCUT2D eigenvalue weighted by Crippen LogP contribution is 2.27. The Kier molecular flexibility index (Phi) is 7.77. The molecule has 3 aromatic rings. The average Bonchev–Trinajstić information content (AvgIpc) is 3.40. The van der Waals surface area contributed by atoms with Crippen LogP contribution in [0.5, 0.6) is 0 Å². The van der Waals surface area contributed by atoms with E-state index in [1.165, 1.54) is 11.3 Å². The second-order valence-electron chi connectivity index (χ2n) is 8.00. The SMILES string of the molecule is CC(C)Cn1c(SCc2csc(CC(=O)Nc3ccccc3)n2)nnc1N1CCOCC1. The van der Waals surface area contributed by atoms with E-state index in [1.807, 2.05) is 35.7 Å². The molecule has 2 aromatic heterocycles. The fourth-order valence-electron chi connectivity index (χ4n) is 3.41. The van der Waals surface area contributed by atoms with Crippen LogP contribution in [0.1, 0.15) is 24.5 Å². The van der Waals surface area contributed by atoms with Gasteiger partial charge >= 0.3 is 0 Å². The number of thiazole rings is 1. The molecule has 8 nitrogen and oxygen atoms in total. The zero-order chi connectivity index (χ0) is 22.3. The highest BCUT2D eigenvalue weighted by molar-refractivity contribution is 7.98. The summed E-state index contributed by atoms with van der Waals surface area (Å²) in [5.41, 5.74) is 1.75. The van der Waals surface area contributed by atoms with Gasteiger partial charge in [-0.1, -0.05) is 43.8 Å². The van der Waals surface area contributed by atoms with Crippen molar-refractivity contribution in [1.82, 2.24) is 19.7 Å². The quantitative estimate of drug-likeness (QED) is 0.475. The number of carbonyl (C=O) groups is 1. The van der Waals surface area contributed by atoms with Crippen molar-refractivity contribution < 1.29 is 9.53 Å². The van der Waals surface area contributed by atoms with Crippen LogP contribution in [0, 0.1) is 5.92 Å². The van der Waals surface area contributed by atoms with Gasteiger partial charge in [0.2, 0.25) is 11.9 Å². The van der Waals surface area contributed by atoms with E-state index in [1.54, 1.807) is 11.8 Å². The maximum absolute atomic E-state index is 12.3. The number of benzene rings is 1. The van der Waals surface area contributed by atoms with E-state index in [0.717, 1.165) is 60.3 Å². The lowest BCUT2D eigenvalue weighted by molar-refractivity contribution is -0.115. The molecule has 1 aromatic carbocycles. The van der Waals surface area contributed by atoms with Gasteiger partial charge in [-0.05, 0) is 18.1 Å². The van der Waals surface area contributed by atoms with Crippen LogP contribution in [0.25, 0.3) is 0 Å². The summed E-state index contributed by atoms with van der Waals surface area (Å²) in [6.07, 6.45) is 0.273. The van der Waals surface area contributed by atoms with E-state index >= 15 is 0 Å². The van der Waals surface area contributed by atoms with E-state index in [2.05, 4.69) is 43.8 Å². The van der Waals surface area contributed by atoms with Crippen molar-refractivity contribution in [2.24, 2.45) is 5.92 Å². The van der Waals surface area contributed by atoms with E-state index in [9.17, 15) is 4.79 Å². The number of anilines is 2. The average molecular weight is 473 g/mol. The molecule has 1 amide bonds. The molecule has 0 radical (unpaired) electrons. The van der Waals surface area contributed by atoms with Gasteiger partial charge in [-0.25, -0.2) is 4.98 Å². The molecule has 0 unspecified atom stereocenters. The maximum Gasteiger partial charge on any atom is 0.231 e. The topological polar surface area (TPSA) is 85.2 Å². The predicted octanol–water partition coefficient (Wildman–Crippen LogP) is 3.70. The monoisotopic (exact) mass is 472 g/mol. The highest BCUT2D eigenvalue weighted by Gasteiger charge is 2.21. The van der Waals surface area contributed by atoms with E-state index in [4.69, 9.17) is 4.74 Å². The number of aromatic nitrogens is 4. The molecule has 10 heteroatoms. The van der Waals surface area contributed by atoms with Crippen LogP contribution >= 0.6 is 23.1 Å². The first-order chi connectivity index (χ1) is 15.6. The zero-order valence-electron chi connectivity index (χ0n) is 18.4. The van der Waals surface area contributed by atoms with Crippen LogP contribution in [0.4, 0.5) is 11.6 Å². The number of hydrogen-bond acceptors (Lipinski definition) is 8. The molecule has 1 saturated heterocycles. The molecule has 170 valence electrons. The number of morpholine rings is 1. The first kappa shape index (κ1) is 22.8. The molecule has 0 bridgehead atoms. The minimum atomic E-state index is -0.0587. The number of nitrogens with one attached hydrogen (secondary N) is 1. The van der Waals surface area contributed by atoms with Gasteiger partial charge in [-0.2, -0.15) is 0 Å². The first-order valence-corrected chi connectivity index (χ1v) is 12.6. The molecular weight excluding hydrogens is 444 g/mol. The second-order valence-corrected chi connectivity index (χ2v) is 9.88. The van der Waals surface area contributed by atoms with E-state index in [-0.39, 0.29) is 12.3 Å². The number of nitrogens with zero attached hydrogens (tertiary/aromatic N) is 5. The fourth-order valence-corrected chi connectivity index (χ4v) is 5.14. The van der Waals surface area contributed by atoms with Crippen LogP contribution in [-0.2, 0) is 28.2 Å². The van der Waals surface area contributed by atoms with Gasteiger partial charge in [0.05, 0.1) is 25.3 Å². The number of rotatable bonds is 9. The van der Waals surface area contributed by atoms with E-state index in [0.29, 0.717) is 11.7 Å². The Bertz CT molecular complexity index is 1010. The molecule has 0 atom stereocenters. The van der Waals surface area contributed by atoms with Crippen molar-refractivity contribution in [2.75, 3.05) is 36.5 Å². The van der Waals surface area contributed by atoms with Crippen LogP contribution in [-0.4, -0.2) is 52.0 Å². The molecule has 1 fully saturated rings. The first-order valence-electron chi connectivity index (χ1n) is 10.8. The Morgan fingerprint density at radius 1 is 1.22 bits per heavy atom. The fraction of sp³-hybridized carbons (Fsp3) is 0.455. The second kappa shape index (κ2) is 10.9. The molecule has 0 aliphatic carbocycles. The molecule has 1 aliphatic rings. The van der Waals surface area contributed by atoms with Crippen molar-refractivity contribution in [2.45, 2.75) is 37.7 Å². The number of thioether (sulfide) groups is 1. The maximum atomic E-state index is 12.3. The van der Waals surface area contributed by atoms with Crippen LogP contribution in [0.3, 0.4) is 0 Å². The molecule has 0 spiro atoms. The largest absolute Gasteiger partial charge is 0.378 e. The number of hydrogen-bond donors (Lipinski definition) is 1. The van der Waals surface area contributed by atoms with Gasteiger partial charge in [0.1, 0.15) is 5.01 Å². The Labute approximate surface area is 196 Å². The zero-order valence-corrected chi connectivity index (χ0v) is 20.0. The molecule has 4 rings (SSSR count). The lowest BCUT2D eigenvalue weighted by atomic mass is 10.2. The van der Waals surface area contributed by atoms with Crippen molar-refractivity contribution in [3.8, 4) is 0 Å². The van der Waals surface area contributed by atoms with Crippen molar-refractivity contribution in [3.63, 3.8) is 0 Å². The summed E-state index contributed by atoms with van der Waals surface area (Å²) in [6.45, 7) is 8.37. The third-order valence-electron chi connectivity index (χ3n) is 4.86. The van der Waals surface area contributed by atoms with Gasteiger partial charge in [0.25, 0.3) is 0 Å². The van der Waals surface area contributed by atoms with Crippen molar-refractivity contribution in [1.29, 1.82) is 0 Å². The van der Waals surface area contributed by atoms with Crippen molar-refractivity contribution in [3.05, 3.63) is 46.4 Å². The standard InChI is InChI=1S/C22H28N6O2S2/c1-16(2)13-28-21(27-8-10-30-11-9-27)25-26-22(28)32-15-18-14-31-20(24-18)12-19(29)23-17-6-4-3-5-7-17/h3-7,14,16H,8-13,15H2,1-2H3,(H,23,29). The summed E-state index contributed by atoms with van der Waals surface area (Å²) in [5, 5.41) is 15.6. The predicted molar refractivity (Wildman–Crippen MR) is 128 cm³/mol. The Morgan fingerprint density at radius 2 is 2.00 bits per heavy atom. The molecular formula is C22H28N6O2S2. The smallest absolute Gasteiger partial charge is 0.231 e. The third-order valence-corrected chi connectivity index (χ3v) is 6.75. The molecule has 3 heterocycles. The van der Waals surface area contributed by atoms with Gasteiger partial charge in [0.15, 0.2) is 5.16 Å². The summed E-state index contributed by atoms with van der Waals surface area (Å²) < 4.78 is 7.69. The van der Waals surface area contributed by atoms with Gasteiger partial charge in [-0.3, -0.25) is 9.36 Å². The molecule has 1 aliphatic heterocycles. The Morgan fingerprint density at radius 3 is 2.75 bits per heavy atom. The van der Waals surface area contributed by atoms with Gasteiger partial charge in [0, 0.05) is 36.5 Å². The number of ether oxygens (including phenoxy) is 1. The molecule has 32 heavy (non-hydrogen) atoms. The summed E-state index contributed by atoms with van der Waals surface area (Å²) in [6, 6.07) is 9.47. The Hall–Kier alpha value is -2.43. The lowest BCUT2D eigenvalue weighted by Gasteiger charge is -2.28. The summed E-state index contributed by atoms with van der Waals surface area (Å²) in [5.74, 6) is 2.03. The number of carbonyl (C=O) groups excluding carboxylic acids is 1. The molecule has 0 saturated carbocycles. The highest BCUT2D eigenvalue weighted by atomic mass is 32.2. The minimum Gasteiger partial charge on any atom is -0.378 e. The Balaban J connectivity index is 1.37.